The summed E-state index contributed by atoms with van der Waals surface area (Å²) < 4.78 is 1.90. The fourth-order valence-corrected chi connectivity index (χ4v) is 2.63. The molecule has 0 unspecified atom stereocenters. The minimum absolute atomic E-state index is 0.00218. The van der Waals surface area contributed by atoms with Crippen LogP contribution in [0.25, 0.3) is 0 Å². The van der Waals surface area contributed by atoms with Gasteiger partial charge in [0.15, 0.2) is 6.73 Å². The zero-order valence-corrected chi connectivity index (χ0v) is 11.3. The Hall–Kier alpha value is -1.92. The Bertz CT molecular complexity index is 551. The van der Waals surface area contributed by atoms with Gasteiger partial charge in [-0.25, -0.2) is 4.58 Å². The summed E-state index contributed by atoms with van der Waals surface area (Å²) in [6.45, 7) is 3.19. The molecule has 0 saturated carbocycles. The highest BCUT2D eigenvalue weighted by Crippen LogP contribution is 2.13. The van der Waals surface area contributed by atoms with Gasteiger partial charge in [0.25, 0.3) is 5.84 Å². The second-order valence-corrected chi connectivity index (χ2v) is 4.87. The highest BCUT2D eigenvalue weighted by atomic mass is 16.3. The van der Waals surface area contributed by atoms with Crippen LogP contribution in [0.3, 0.4) is 0 Å². The molecule has 0 aromatic heterocycles. The number of aliphatic imine (C=N–C) groups is 1. The van der Waals surface area contributed by atoms with Crippen molar-refractivity contribution in [3.05, 3.63) is 35.4 Å². The molecular weight excluding hydrogens is 256 g/mol. The largest absolute Gasteiger partial charge is 0.376 e. The van der Waals surface area contributed by atoms with Gasteiger partial charge in [0.2, 0.25) is 0 Å². The Balaban J connectivity index is 1.85. The molecule has 3 rings (SSSR count). The summed E-state index contributed by atoms with van der Waals surface area (Å²) in [5.41, 5.74) is 2.06. The zero-order valence-electron chi connectivity index (χ0n) is 11.3. The van der Waals surface area contributed by atoms with Gasteiger partial charge in [0.05, 0.1) is 12.1 Å². The Morgan fingerprint density at radius 3 is 2.65 bits per heavy atom. The lowest BCUT2D eigenvalue weighted by atomic mass is 10.1. The molecule has 2 aliphatic heterocycles. The van der Waals surface area contributed by atoms with Crippen molar-refractivity contribution in [2.75, 3.05) is 39.6 Å². The van der Waals surface area contributed by atoms with Gasteiger partial charge < -0.3 is 15.1 Å². The Morgan fingerprint density at radius 2 is 1.95 bits per heavy atom. The van der Waals surface area contributed by atoms with Gasteiger partial charge in [-0.1, -0.05) is 12.1 Å². The number of nitrogens with zero attached hydrogens (tertiary/aromatic N) is 3. The van der Waals surface area contributed by atoms with Gasteiger partial charge in [-0.2, -0.15) is 0 Å². The molecule has 0 fully saturated rings. The van der Waals surface area contributed by atoms with E-state index in [1.807, 2.05) is 33.7 Å². The van der Waals surface area contributed by atoms with Crippen LogP contribution in [0, 0.1) is 0 Å². The monoisotopic (exact) mass is 275 g/mol. The third kappa shape index (κ3) is 2.28. The number of aliphatic hydroxyl groups excluding tert-OH is 2. The van der Waals surface area contributed by atoms with E-state index in [1.165, 1.54) is 0 Å². The first-order chi connectivity index (χ1) is 9.83. The van der Waals surface area contributed by atoms with Crippen LogP contribution < -0.4 is 5.32 Å². The summed E-state index contributed by atoms with van der Waals surface area (Å²) in [7, 11) is 0. The fraction of sp³-hybridized carbons (Fsp3) is 0.429. The van der Waals surface area contributed by atoms with E-state index in [-0.39, 0.29) is 13.5 Å². The first-order valence-electron chi connectivity index (χ1n) is 6.81. The molecule has 0 amide bonds. The second kappa shape index (κ2) is 5.60. The minimum Gasteiger partial charge on any atom is -0.376 e. The molecule has 0 saturated heterocycles. The Kier molecular flexibility index (Phi) is 3.66. The van der Waals surface area contributed by atoms with Crippen LogP contribution in [-0.2, 0) is 0 Å². The first kappa shape index (κ1) is 13.1. The van der Waals surface area contributed by atoms with Crippen LogP contribution >= 0.6 is 0 Å². The Morgan fingerprint density at radius 1 is 1.20 bits per heavy atom. The van der Waals surface area contributed by atoms with E-state index in [0.29, 0.717) is 0 Å². The zero-order chi connectivity index (χ0) is 13.9. The maximum Gasteiger partial charge on any atom is 0.279 e. The lowest BCUT2D eigenvalue weighted by Crippen LogP contribution is -2.29. The summed E-state index contributed by atoms with van der Waals surface area (Å²) in [5, 5.41) is 21.9. The fourth-order valence-electron chi connectivity index (χ4n) is 2.63. The Labute approximate surface area is 117 Å². The molecule has 6 heteroatoms. The van der Waals surface area contributed by atoms with Gasteiger partial charge >= 0.3 is 0 Å². The van der Waals surface area contributed by atoms with Crippen molar-refractivity contribution in [3.8, 4) is 0 Å². The number of rotatable bonds is 4. The van der Waals surface area contributed by atoms with Gasteiger partial charge in [-0.05, 0) is 12.1 Å². The average molecular weight is 275 g/mol. The smallest absolute Gasteiger partial charge is 0.279 e. The van der Waals surface area contributed by atoms with E-state index in [0.717, 1.165) is 49.0 Å². The molecule has 6 nitrogen and oxygen atoms in total. The van der Waals surface area contributed by atoms with Crippen molar-refractivity contribution in [2.24, 2.45) is 4.99 Å². The summed E-state index contributed by atoms with van der Waals surface area (Å²) in [6.07, 6.45) is 0. The molecule has 106 valence electrons. The molecule has 0 spiro atoms. The first-order valence-corrected chi connectivity index (χ1v) is 6.81. The van der Waals surface area contributed by atoms with E-state index in [4.69, 9.17) is 0 Å². The van der Waals surface area contributed by atoms with Crippen molar-refractivity contribution in [1.29, 1.82) is 0 Å². The number of benzene rings is 1. The lowest BCUT2D eigenvalue weighted by Gasteiger charge is -2.16. The number of nitrogens with one attached hydrogen (secondary N) is 1. The third-order valence-corrected chi connectivity index (χ3v) is 3.68. The molecule has 1 aromatic rings. The topological polar surface area (TPSA) is 71.1 Å². The van der Waals surface area contributed by atoms with Crippen LogP contribution in [0.2, 0.25) is 0 Å². The summed E-state index contributed by atoms with van der Waals surface area (Å²) in [4.78, 5) is 6.28. The average Bonchev–Trinajstić information content (AvgIpc) is 3.15. The molecule has 1 aromatic carbocycles. The molecule has 0 bridgehead atoms. The molecule has 0 radical (unpaired) electrons. The van der Waals surface area contributed by atoms with Crippen LogP contribution in [0.15, 0.2) is 29.3 Å². The van der Waals surface area contributed by atoms with Gasteiger partial charge in [0.1, 0.15) is 25.7 Å². The van der Waals surface area contributed by atoms with E-state index in [1.54, 1.807) is 0 Å². The third-order valence-electron chi connectivity index (χ3n) is 3.68. The lowest BCUT2D eigenvalue weighted by molar-refractivity contribution is -0.554. The van der Waals surface area contributed by atoms with Crippen molar-refractivity contribution >= 4 is 11.7 Å². The maximum atomic E-state index is 9.30. The highest BCUT2D eigenvalue weighted by molar-refractivity contribution is 6.01. The quantitative estimate of drug-likeness (QED) is 0.617. The predicted molar refractivity (Wildman–Crippen MR) is 76.0 cm³/mol. The van der Waals surface area contributed by atoms with Crippen molar-refractivity contribution < 1.29 is 14.8 Å². The highest BCUT2D eigenvalue weighted by Gasteiger charge is 2.23. The standard InChI is InChI=1S/C14H18N4O2/c19-9-17-7-5-15-13(17)11-1-2-12(4-3-11)14-16-6-8-18(14)10-20/h1-4,19-20H,5-10H2/p+1. The molecule has 0 aliphatic carbocycles. The van der Waals surface area contributed by atoms with Crippen molar-refractivity contribution in [1.82, 2.24) is 10.2 Å². The predicted octanol–water partition coefficient (Wildman–Crippen LogP) is -0.989. The van der Waals surface area contributed by atoms with E-state index < -0.39 is 0 Å². The van der Waals surface area contributed by atoms with Gasteiger partial charge in [-0.3, -0.25) is 10.3 Å². The van der Waals surface area contributed by atoms with Crippen LogP contribution in [0.4, 0.5) is 0 Å². The number of aliphatic hydroxyl groups is 2. The van der Waals surface area contributed by atoms with Crippen molar-refractivity contribution in [2.45, 2.75) is 0 Å². The second-order valence-electron chi connectivity index (χ2n) is 4.87. The number of hydrogen-bond donors (Lipinski definition) is 3. The normalized spacial score (nSPS) is 18.5. The minimum atomic E-state index is -0.00218. The van der Waals surface area contributed by atoms with E-state index in [2.05, 4.69) is 10.3 Å². The summed E-state index contributed by atoms with van der Waals surface area (Å²) in [6, 6.07) is 8.04. The maximum absolute atomic E-state index is 9.30. The van der Waals surface area contributed by atoms with Crippen LogP contribution in [-0.4, -0.2) is 71.0 Å². The van der Waals surface area contributed by atoms with Crippen LogP contribution in [0.5, 0.6) is 0 Å². The SMILES string of the molecule is OCN1CCN=C1c1ccc(C2=[N+](CO)CCN2)cc1. The molecule has 3 N–H and O–H groups in total. The molecule has 2 aliphatic rings. The van der Waals surface area contributed by atoms with Gasteiger partial charge in [-0.15, -0.1) is 0 Å². The molecular formula is C14H19N4O2+. The molecule has 0 atom stereocenters. The number of hydrogen-bond acceptors (Lipinski definition) is 5. The van der Waals surface area contributed by atoms with E-state index >= 15 is 0 Å². The number of amidine groups is 2. The van der Waals surface area contributed by atoms with Gasteiger partial charge in [0, 0.05) is 12.1 Å². The van der Waals surface area contributed by atoms with E-state index in [9.17, 15) is 10.2 Å². The molecule has 20 heavy (non-hydrogen) atoms. The molecule has 2 heterocycles. The summed E-state index contributed by atoms with van der Waals surface area (Å²) >= 11 is 0. The van der Waals surface area contributed by atoms with Crippen LogP contribution in [0.1, 0.15) is 11.1 Å². The summed E-state index contributed by atoms with van der Waals surface area (Å²) in [5.74, 6) is 1.81. The van der Waals surface area contributed by atoms with Crippen molar-refractivity contribution in [3.63, 3.8) is 0 Å².